The predicted molar refractivity (Wildman–Crippen MR) is 103 cm³/mol. The summed E-state index contributed by atoms with van der Waals surface area (Å²) in [5, 5.41) is 4.79. The number of ether oxygens (including phenoxy) is 1. The van der Waals surface area contributed by atoms with E-state index in [1.54, 1.807) is 16.4 Å². The van der Waals surface area contributed by atoms with E-state index in [9.17, 15) is 8.42 Å². The van der Waals surface area contributed by atoms with Crippen LogP contribution in [-0.4, -0.2) is 45.5 Å². The Hall–Kier alpha value is -1.34. The van der Waals surface area contributed by atoms with Crippen LogP contribution >= 0.6 is 12.4 Å². The van der Waals surface area contributed by atoms with Crippen molar-refractivity contribution in [3.8, 4) is 5.75 Å². The summed E-state index contributed by atoms with van der Waals surface area (Å²) >= 11 is 0. The summed E-state index contributed by atoms with van der Waals surface area (Å²) in [6.07, 6.45) is 1.68. The van der Waals surface area contributed by atoms with Crippen molar-refractivity contribution in [3.63, 3.8) is 0 Å². The molecule has 2 aromatic carbocycles. The molecule has 1 N–H and O–H groups in total. The van der Waals surface area contributed by atoms with E-state index in [1.165, 1.54) is 0 Å². The van der Waals surface area contributed by atoms with E-state index in [4.69, 9.17) is 4.74 Å². The van der Waals surface area contributed by atoms with Crippen molar-refractivity contribution in [3.05, 3.63) is 36.4 Å². The minimum Gasteiger partial charge on any atom is -0.493 e. The highest BCUT2D eigenvalue weighted by atomic mass is 35.5. The third kappa shape index (κ3) is 3.92. The minimum atomic E-state index is -3.50. The molecule has 5 nitrogen and oxygen atoms in total. The topological polar surface area (TPSA) is 58.6 Å². The van der Waals surface area contributed by atoms with Crippen LogP contribution in [-0.2, 0) is 10.0 Å². The third-order valence-electron chi connectivity index (χ3n) is 4.62. The van der Waals surface area contributed by atoms with Gasteiger partial charge in [0.2, 0.25) is 10.0 Å². The van der Waals surface area contributed by atoms with Crippen LogP contribution in [0.1, 0.15) is 19.8 Å². The zero-order chi connectivity index (χ0) is 17.2. The van der Waals surface area contributed by atoms with Crippen LogP contribution in [0.5, 0.6) is 5.75 Å². The average molecular weight is 385 g/mol. The first-order chi connectivity index (χ1) is 11.6. The van der Waals surface area contributed by atoms with Gasteiger partial charge in [0, 0.05) is 29.9 Å². The maximum Gasteiger partial charge on any atom is 0.243 e. The molecule has 0 unspecified atom stereocenters. The van der Waals surface area contributed by atoms with Gasteiger partial charge in [0.1, 0.15) is 5.75 Å². The lowest BCUT2D eigenvalue weighted by atomic mass is 10.1. The quantitative estimate of drug-likeness (QED) is 0.860. The summed E-state index contributed by atoms with van der Waals surface area (Å²) in [6.45, 7) is 3.57. The van der Waals surface area contributed by atoms with E-state index >= 15 is 0 Å². The fourth-order valence-electron chi connectivity index (χ4n) is 3.27. The Bertz CT molecular complexity index is 818. The second-order valence-corrected chi connectivity index (χ2v) is 7.91. The first-order valence-corrected chi connectivity index (χ1v) is 9.84. The summed E-state index contributed by atoms with van der Waals surface area (Å²) < 4.78 is 33.5. The van der Waals surface area contributed by atoms with Crippen LogP contribution in [0.15, 0.2) is 41.3 Å². The van der Waals surface area contributed by atoms with E-state index in [-0.39, 0.29) is 12.4 Å². The van der Waals surface area contributed by atoms with Crippen molar-refractivity contribution in [2.45, 2.75) is 30.7 Å². The predicted octanol–water partition coefficient (Wildman–Crippen LogP) is 3.03. The van der Waals surface area contributed by atoms with Gasteiger partial charge in [0.05, 0.1) is 11.5 Å². The summed E-state index contributed by atoms with van der Waals surface area (Å²) in [5.74, 6) is 0.723. The molecule has 0 aliphatic carbocycles. The standard InChI is InChI=1S/C18H24N2O3S.ClH/c1-3-23-17-8-9-18(16-7-5-4-6-15(16)17)24(21,22)20-12-10-14(19-2)11-13-20;/h4-9,14,19H,3,10-13H2,1-2H3;1H. The number of benzene rings is 2. The molecule has 1 aliphatic rings. The van der Waals surface area contributed by atoms with Gasteiger partial charge in [-0.3, -0.25) is 0 Å². The number of sulfonamides is 1. The molecule has 3 rings (SSSR count). The van der Waals surface area contributed by atoms with Gasteiger partial charge in [-0.1, -0.05) is 24.3 Å². The van der Waals surface area contributed by atoms with Gasteiger partial charge in [0.25, 0.3) is 0 Å². The minimum absolute atomic E-state index is 0. The molecule has 7 heteroatoms. The molecule has 0 bridgehead atoms. The lowest BCUT2D eigenvalue weighted by Crippen LogP contribution is -2.43. The largest absolute Gasteiger partial charge is 0.493 e. The highest BCUT2D eigenvalue weighted by molar-refractivity contribution is 7.89. The molecule has 1 heterocycles. The molecule has 2 aromatic rings. The van der Waals surface area contributed by atoms with Crippen LogP contribution in [0.25, 0.3) is 10.8 Å². The van der Waals surface area contributed by atoms with Crippen molar-refractivity contribution < 1.29 is 13.2 Å². The van der Waals surface area contributed by atoms with E-state index in [2.05, 4.69) is 5.32 Å². The Morgan fingerprint density at radius 3 is 2.36 bits per heavy atom. The van der Waals surface area contributed by atoms with Crippen LogP contribution in [0, 0.1) is 0 Å². The SMILES string of the molecule is CCOc1ccc(S(=O)(=O)N2CCC(NC)CC2)c2ccccc12.Cl. The van der Waals surface area contributed by atoms with Gasteiger partial charge in [-0.25, -0.2) is 8.42 Å². The van der Waals surface area contributed by atoms with Gasteiger partial charge >= 0.3 is 0 Å². The van der Waals surface area contributed by atoms with E-state index in [0.717, 1.165) is 29.4 Å². The highest BCUT2D eigenvalue weighted by Gasteiger charge is 2.30. The number of fused-ring (bicyclic) bond motifs is 1. The summed E-state index contributed by atoms with van der Waals surface area (Å²) in [6, 6.07) is 11.4. The van der Waals surface area contributed by atoms with Crippen molar-refractivity contribution >= 4 is 33.2 Å². The van der Waals surface area contributed by atoms with Crippen LogP contribution in [0.4, 0.5) is 0 Å². The molecule has 1 fully saturated rings. The lowest BCUT2D eigenvalue weighted by Gasteiger charge is -2.31. The summed E-state index contributed by atoms with van der Waals surface area (Å²) in [7, 11) is -1.58. The number of halogens is 1. The lowest BCUT2D eigenvalue weighted by molar-refractivity contribution is 0.298. The maximum absolute atomic E-state index is 13.1. The Morgan fingerprint density at radius 2 is 1.76 bits per heavy atom. The number of hydrogen-bond acceptors (Lipinski definition) is 4. The third-order valence-corrected chi connectivity index (χ3v) is 6.58. The Morgan fingerprint density at radius 1 is 1.12 bits per heavy atom. The highest BCUT2D eigenvalue weighted by Crippen LogP contribution is 2.33. The summed E-state index contributed by atoms with van der Waals surface area (Å²) in [4.78, 5) is 0.365. The van der Waals surface area contributed by atoms with Gasteiger partial charge in [-0.2, -0.15) is 4.31 Å². The number of nitrogens with one attached hydrogen (secondary N) is 1. The molecule has 0 atom stereocenters. The van der Waals surface area contributed by atoms with Gasteiger partial charge in [-0.15, -0.1) is 12.4 Å². The molecular formula is C18H25ClN2O3S. The molecule has 138 valence electrons. The second-order valence-electron chi connectivity index (χ2n) is 6.01. The zero-order valence-corrected chi connectivity index (χ0v) is 16.2. The van der Waals surface area contributed by atoms with Gasteiger partial charge < -0.3 is 10.1 Å². The van der Waals surface area contributed by atoms with Crippen LogP contribution in [0.3, 0.4) is 0 Å². The zero-order valence-electron chi connectivity index (χ0n) is 14.6. The van der Waals surface area contributed by atoms with E-state index in [1.807, 2.05) is 38.2 Å². The Kier molecular flexibility index (Phi) is 6.68. The number of nitrogens with zero attached hydrogens (tertiary/aromatic N) is 1. The van der Waals surface area contributed by atoms with Gasteiger partial charge in [-0.05, 0) is 38.9 Å². The number of rotatable bonds is 5. The molecule has 0 radical (unpaired) electrons. The van der Waals surface area contributed by atoms with E-state index in [0.29, 0.717) is 30.6 Å². The van der Waals surface area contributed by atoms with Crippen LogP contribution in [0.2, 0.25) is 0 Å². The molecule has 25 heavy (non-hydrogen) atoms. The molecule has 0 spiro atoms. The van der Waals surface area contributed by atoms with Gasteiger partial charge in [0.15, 0.2) is 0 Å². The molecule has 1 saturated heterocycles. The fraction of sp³-hybridized carbons (Fsp3) is 0.444. The second kappa shape index (κ2) is 8.36. The molecule has 0 saturated carbocycles. The monoisotopic (exact) mass is 384 g/mol. The molecule has 0 aromatic heterocycles. The van der Waals surface area contributed by atoms with E-state index < -0.39 is 10.0 Å². The normalized spacial score (nSPS) is 16.6. The Balaban J connectivity index is 0.00000225. The first-order valence-electron chi connectivity index (χ1n) is 8.40. The smallest absolute Gasteiger partial charge is 0.243 e. The number of piperidine rings is 1. The molecular weight excluding hydrogens is 360 g/mol. The maximum atomic E-state index is 13.1. The number of hydrogen-bond donors (Lipinski definition) is 1. The van der Waals surface area contributed by atoms with Crippen molar-refractivity contribution in [2.75, 3.05) is 26.7 Å². The summed E-state index contributed by atoms with van der Waals surface area (Å²) in [5.41, 5.74) is 0. The van der Waals surface area contributed by atoms with Crippen molar-refractivity contribution in [1.82, 2.24) is 9.62 Å². The van der Waals surface area contributed by atoms with Crippen molar-refractivity contribution in [1.29, 1.82) is 0 Å². The molecule has 1 aliphatic heterocycles. The molecule has 0 amide bonds. The van der Waals surface area contributed by atoms with Crippen LogP contribution < -0.4 is 10.1 Å². The van der Waals surface area contributed by atoms with Crippen molar-refractivity contribution in [2.24, 2.45) is 0 Å². The fourth-order valence-corrected chi connectivity index (χ4v) is 4.94. The first kappa shape index (κ1) is 20.0. The average Bonchev–Trinajstić information content (AvgIpc) is 2.62. The Labute approximate surface area is 155 Å².